The molecule has 0 bridgehead atoms. The quantitative estimate of drug-likeness (QED) is 0.849. The van der Waals surface area contributed by atoms with E-state index in [2.05, 4.69) is 0 Å². The summed E-state index contributed by atoms with van der Waals surface area (Å²) in [5.74, 6) is 0.420. The molecule has 0 aliphatic heterocycles. The molecular weight excluding hydrogens is 225 g/mol. The maximum Gasteiger partial charge on any atom is 0.128 e. The van der Waals surface area contributed by atoms with Crippen LogP contribution in [-0.4, -0.2) is 0 Å². The largest absolute Gasteiger partial charge is 0.324 e. The third-order valence-electron chi connectivity index (χ3n) is 3.42. The maximum absolute atomic E-state index is 13.6. The Morgan fingerprint density at radius 1 is 1.38 bits per heavy atom. The van der Waals surface area contributed by atoms with Gasteiger partial charge in [-0.3, -0.25) is 0 Å². The van der Waals surface area contributed by atoms with Crippen LogP contribution in [0.1, 0.15) is 43.7 Å². The van der Waals surface area contributed by atoms with E-state index in [1.165, 1.54) is 31.7 Å². The molecular formula is C13H17ClFN. The summed E-state index contributed by atoms with van der Waals surface area (Å²) >= 11 is 5.86. The summed E-state index contributed by atoms with van der Waals surface area (Å²) in [6.45, 7) is 0. The third-order valence-corrected chi connectivity index (χ3v) is 3.65. The van der Waals surface area contributed by atoms with Crippen molar-refractivity contribution in [2.24, 2.45) is 11.7 Å². The molecule has 1 aromatic rings. The van der Waals surface area contributed by atoms with Crippen LogP contribution < -0.4 is 5.73 Å². The molecule has 88 valence electrons. The van der Waals surface area contributed by atoms with Gasteiger partial charge in [0, 0.05) is 16.6 Å². The first kappa shape index (κ1) is 11.9. The SMILES string of the molecule is NC(CC1CCCC1)c1cc(Cl)ccc1F. The summed E-state index contributed by atoms with van der Waals surface area (Å²) < 4.78 is 13.6. The van der Waals surface area contributed by atoms with Gasteiger partial charge in [0.15, 0.2) is 0 Å². The summed E-state index contributed by atoms with van der Waals surface area (Å²) in [4.78, 5) is 0. The molecule has 0 radical (unpaired) electrons. The van der Waals surface area contributed by atoms with Gasteiger partial charge < -0.3 is 5.73 Å². The molecule has 1 nitrogen and oxygen atoms in total. The summed E-state index contributed by atoms with van der Waals surface area (Å²) in [6.07, 6.45) is 5.91. The van der Waals surface area contributed by atoms with Crippen LogP contribution in [0.4, 0.5) is 4.39 Å². The minimum Gasteiger partial charge on any atom is -0.324 e. The smallest absolute Gasteiger partial charge is 0.128 e. The van der Waals surface area contributed by atoms with Gasteiger partial charge >= 0.3 is 0 Å². The minimum atomic E-state index is -0.241. The summed E-state index contributed by atoms with van der Waals surface area (Å²) in [6, 6.07) is 4.38. The Labute approximate surface area is 101 Å². The number of nitrogens with two attached hydrogens (primary N) is 1. The molecule has 2 N–H and O–H groups in total. The van der Waals surface area contributed by atoms with Gasteiger partial charge in [-0.25, -0.2) is 4.39 Å². The average molecular weight is 242 g/mol. The van der Waals surface area contributed by atoms with Crippen molar-refractivity contribution in [1.29, 1.82) is 0 Å². The van der Waals surface area contributed by atoms with Crippen molar-refractivity contribution in [2.45, 2.75) is 38.1 Å². The van der Waals surface area contributed by atoms with Crippen LogP contribution in [0, 0.1) is 11.7 Å². The second-order valence-electron chi connectivity index (χ2n) is 4.66. The van der Waals surface area contributed by atoms with Crippen molar-refractivity contribution < 1.29 is 4.39 Å². The molecule has 0 spiro atoms. The molecule has 2 rings (SSSR count). The van der Waals surface area contributed by atoms with Gasteiger partial charge in [-0.2, -0.15) is 0 Å². The van der Waals surface area contributed by atoms with Crippen LogP contribution >= 0.6 is 11.6 Å². The van der Waals surface area contributed by atoms with E-state index < -0.39 is 0 Å². The average Bonchev–Trinajstić information content (AvgIpc) is 2.74. The van der Waals surface area contributed by atoms with Crippen molar-refractivity contribution in [2.75, 3.05) is 0 Å². The lowest BCUT2D eigenvalue weighted by Crippen LogP contribution is -2.15. The lowest BCUT2D eigenvalue weighted by Gasteiger charge is -2.17. The molecule has 1 unspecified atom stereocenters. The van der Waals surface area contributed by atoms with Crippen LogP contribution in [-0.2, 0) is 0 Å². The normalized spacial score (nSPS) is 18.9. The molecule has 1 aliphatic carbocycles. The number of hydrogen-bond acceptors (Lipinski definition) is 1. The van der Waals surface area contributed by atoms with Crippen LogP contribution in [0.5, 0.6) is 0 Å². The molecule has 1 saturated carbocycles. The van der Waals surface area contributed by atoms with E-state index >= 15 is 0 Å². The fourth-order valence-corrected chi connectivity index (χ4v) is 2.71. The molecule has 0 amide bonds. The van der Waals surface area contributed by atoms with Crippen molar-refractivity contribution >= 4 is 11.6 Å². The van der Waals surface area contributed by atoms with E-state index in [0.29, 0.717) is 16.5 Å². The maximum atomic E-state index is 13.6. The van der Waals surface area contributed by atoms with E-state index in [4.69, 9.17) is 17.3 Å². The highest BCUT2D eigenvalue weighted by molar-refractivity contribution is 6.30. The Morgan fingerprint density at radius 3 is 2.75 bits per heavy atom. The molecule has 1 aliphatic rings. The van der Waals surface area contributed by atoms with Gasteiger partial charge in [-0.15, -0.1) is 0 Å². The van der Waals surface area contributed by atoms with Crippen molar-refractivity contribution in [3.63, 3.8) is 0 Å². The number of benzene rings is 1. The topological polar surface area (TPSA) is 26.0 Å². The summed E-state index contributed by atoms with van der Waals surface area (Å²) in [7, 11) is 0. The van der Waals surface area contributed by atoms with E-state index in [1.54, 1.807) is 12.1 Å². The lowest BCUT2D eigenvalue weighted by atomic mass is 9.94. The van der Waals surface area contributed by atoms with E-state index in [1.807, 2.05) is 0 Å². The molecule has 0 heterocycles. The Morgan fingerprint density at radius 2 is 2.06 bits per heavy atom. The zero-order chi connectivity index (χ0) is 11.5. The van der Waals surface area contributed by atoms with Gasteiger partial charge in [0.2, 0.25) is 0 Å². The fourth-order valence-electron chi connectivity index (χ4n) is 2.53. The Bertz CT molecular complexity index is 361. The Kier molecular flexibility index (Phi) is 3.82. The monoisotopic (exact) mass is 241 g/mol. The highest BCUT2D eigenvalue weighted by atomic mass is 35.5. The van der Waals surface area contributed by atoms with E-state index in [-0.39, 0.29) is 11.9 Å². The highest BCUT2D eigenvalue weighted by Gasteiger charge is 2.20. The molecule has 0 saturated heterocycles. The lowest BCUT2D eigenvalue weighted by molar-refractivity contribution is 0.440. The van der Waals surface area contributed by atoms with Gasteiger partial charge in [0.1, 0.15) is 5.82 Å². The molecule has 1 aromatic carbocycles. The van der Waals surface area contributed by atoms with Gasteiger partial charge in [-0.1, -0.05) is 37.3 Å². The van der Waals surface area contributed by atoms with Crippen molar-refractivity contribution in [1.82, 2.24) is 0 Å². The third kappa shape index (κ3) is 2.74. The van der Waals surface area contributed by atoms with Gasteiger partial charge in [0.25, 0.3) is 0 Å². The summed E-state index contributed by atoms with van der Waals surface area (Å²) in [5, 5.41) is 0.554. The van der Waals surface area contributed by atoms with Crippen LogP contribution in [0.2, 0.25) is 5.02 Å². The predicted molar refractivity (Wildman–Crippen MR) is 64.9 cm³/mol. The van der Waals surface area contributed by atoms with E-state index in [0.717, 1.165) is 6.42 Å². The van der Waals surface area contributed by atoms with E-state index in [9.17, 15) is 4.39 Å². The highest BCUT2D eigenvalue weighted by Crippen LogP contribution is 2.33. The minimum absolute atomic E-state index is 0.221. The molecule has 0 aromatic heterocycles. The zero-order valence-corrected chi connectivity index (χ0v) is 10.0. The van der Waals surface area contributed by atoms with Gasteiger partial charge in [0.05, 0.1) is 0 Å². The predicted octanol–water partition coefficient (Wildman–Crippen LogP) is 4.06. The van der Waals surface area contributed by atoms with Crippen molar-refractivity contribution in [3.8, 4) is 0 Å². The molecule has 16 heavy (non-hydrogen) atoms. The zero-order valence-electron chi connectivity index (χ0n) is 9.26. The van der Waals surface area contributed by atoms with Crippen LogP contribution in [0.15, 0.2) is 18.2 Å². The second kappa shape index (κ2) is 5.15. The van der Waals surface area contributed by atoms with Gasteiger partial charge in [-0.05, 0) is 30.5 Å². The van der Waals surface area contributed by atoms with Crippen LogP contribution in [0.3, 0.4) is 0 Å². The first-order valence-electron chi connectivity index (χ1n) is 5.87. The first-order chi connectivity index (χ1) is 7.66. The van der Waals surface area contributed by atoms with Crippen LogP contribution in [0.25, 0.3) is 0 Å². The fraction of sp³-hybridized carbons (Fsp3) is 0.538. The Balaban J connectivity index is 2.07. The summed E-state index contributed by atoms with van der Waals surface area (Å²) in [5.41, 5.74) is 6.60. The molecule has 1 fully saturated rings. The second-order valence-corrected chi connectivity index (χ2v) is 5.09. The molecule has 3 heteroatoms. The Hall–Kier alpha value is -0.600. The number of hydrogen-bond donors (Lipinski definition) is 1. The first-order valence-corrected chi connectivity index (χ1v) is 6.25. The number of rotatable bonds is 3. The molecule has 1 atom stereocenters. The van der Waals surface area contributed by atoms with Crippen molar-refractivity contribution in [3.05, 3.63) is 34.6 Å². The number of halogens is 2. The standard InChI is InChI=1S/C13H17ClFN/c14-10-5-6-12(15)11(8-10)13(16)7-9-3-1-2-4-9/h5-6,8-9,13H,1-4,7,16H2.